The lowest BCUT2D eigenvalue weighted by Crippen LogP contribution is -2.31. The third kappa shape index (κ3) is 1.83. The molecule has 1 aliphatic rings. The fourth-order valence-corrected chi connectivity index (χ4v) is 2.48. The molecule has 0 aromatic carbocycles. The minimum atomic E-state index is 0.653. The van der Waals surface area contributed by atoms with Crippen molar-refractivity contribution < 1.29 is 0 Å². The number of nitrogens with zero attached hydrogens (tertiary/aromatic N) is 3. The number of aromatic nitrogens is 1. The molecule has 2 rings (SSSR count). The van der Waals surface area contributed by atoms with E-state index in [1.807, 2.05) is 0 Å². The lowest BCUT2D eigenvalue weighted by molar-refractivity contribution is 0.315. The van der Waals surface area contributed by atoms with Gasteiger partial charge in [-0.15, -0.1) is 0 Å². The normalized spacial score (nSPS) is 22.2. The predicted molar refractivity (Wildman–Crippen MR) is 60.8 cm³/mol. The van der Waals surface area contributed by atoms with Crippen LogP contribution in [0.2, 0.25) is 0 Å². The highest BCUT2D eigenvalue weighted by Crippen LogP contribution is 2.27. The number of thiazole rings is 1. The quantitative estimate of drug-likeness (QED) is 0.790. The summed E-state index contributed by atoms with van der Waals surface area (Å²) in [5.41, 5.74) is 5.66. The Morgan fingerprint density at radius 3 is 2.93 bits per heavy atom. The fraction of sp³-hybridized carbons (Fsp3) is 0.667. The molecule has 1 saturated heterocycles. The zero-order valence-corrected chi connectivity index (χ0v) is 9.42. The topological polar surface area (TPSA) is 45.4 Å². The van der Waals surface area contributed by atoms with Gasteiger partial charge in [0.05, 0.1) is 6.20 Å². The number of hydrogen-bond donors (Lipinski definition) is 1. The third-order valence-corrected chi connectivity index (χ3v) is 3.56. The van der Waals surface area contributed by atoms with Crippen LogP contribution in [0.15, 0.2) is 6.20 Å². The van der Waals surface area contributed by atoms with Crippen molar-refractivity contribution in [2.45, 2.75) is 12.5 Å². The number of hydrogen-bond acceptors (Lipinski definition) is 5. The van der Waals surface area contributed by atoms with E-state index in [4.69, 9.17) is 5.73 Å². The van der Waals surface area contributed by atoms with Gasteiger partial charge in [0, 0.05) is 19.1 Å². The van der Waals surface area contributed by atoms with E-state index in [1.165, 1.54) is 6.42 Å². The molecule has 1 fully saturated rings. The summed E-state index contributed by atoms with van der Waals surface area (Å²) >= 11 is 1.57. The number of nitrogens with two attached hydrogens (primary N) is 1. The van der Waals surface area contributed by atoms with Crippen LogP contribution in [-0.2, 0) is 0 Å². The van der Waals surface area contributed by atoms with Crippen LogP contribution in [0.4, 0.5) is 10.1 Å². The number of rotatable bonds is 2. The van der Waals surface area contributed by atoms with E-state index in [-0.39, 0.29) is 0 Å². The molecule has 0 radical (unpaired) electrons. The van der Waals surface area contributed by atoms with Crippen molar-refractivity contribution in [3.8, 4) is 0 Å². The van der Waals surface area contributed by atoms with Gasteiger partial charge in [-0.25, -0.2) is 4.98 Å². The molecule has 0 bridgehead atoms. The van der Waals surface area contributed by atoms with Gasteiger partial charge in [-0.3, -0.25) is 0 Å². The van der Waals surface area contributed by atoms with E-state index in [0.29, 0.717) is 6.04 Å². The van der Waals surface area contributed by atoms with E-state index >= 15 is 0 Å². The van der Waals surface area contributed by atoms with Gasteiger partial charge in [-0.05, 0) is 20.5 Å². The summed E-state index contributed by atoms with van der Waals surface area (Å²) in [7, 11) is 4.26. The molecule has 0 amide bonds. The van der Waals surface area contributed by atoms with Gasteiger partial charge in [0.2, 0.25) is 0 Å². The van der Waals surface area contributed by atoms with Gasteiger partial charge in [-0.1, -0.05) is 11.3 Å². The summed E-state index contributed by atoms with van der Waals surface area (Å²) in [4.78, 5) is 8.88. The van der Waals surface area contributed by atoms with Crippen LogP contribution >= 0.6 is 11.3 Å². The van der Waals surface area contributed by atoms with Gasteiger partial charge in [0.1, 0.15) is 5.00 Å². The molecule has 78 valence electrons. The highest BCUT2D eigenvalue weighted by atomic mass is 32.1. The summed E-state index contributed by atoms with van der Waals surface area (Å²) < 4.78 is 0. The Morgan fingerprint density at radius 1 is 1.64 bits per heavy atom. The van der Waals surface area contributed by atoms with E-state index in [1.54, 1.807) is 17.5 Å². The van der Waals surface area contributed by atoms with E-state index in [2.05, 4.69) is 28.9 Å². The maximum Gasteiger partial charge on any atom is 0.187 e. The second-order valence-electron chi connectivity index (χ2n) is 3.90. The molecule has 4 nitrogen and oxygen atoms in total. The lowest BCUT2D eigenvalue weighted by atomic mass is 10.2. The molecule has 0 saturated carbocycles. The largest absolute Gasteiger partial charge is 0.389 e. The smallest absolute Gasteiger partial charge is 0.187 e. The molecule has 2 heterocycles. The number of nitrogen functional groups attached to an aromatic ring is 1. The SMILES string of the molecule is CN(C)C1CCN(c2ncc(N)s2)C1. The average molecular weight is 212 g/mol. The Hall–Kier alpha value is -0.810. The van der Waals surface area contributed by atoms with Crippen LogP contribution in [0, 0.1) is 0 Å². The number of likely N-dealkylation sites (N-methyl/N-ethyl adjacent to an activating group) is 1. The average Bonchev–Trinajstić information content (AvgIpc) is 2.70. The van der Waals surface area contributed by atoms with Gasteiger partial charge < -0.3 is 15.5 Å². The summed E-state index contributed by atoms with van der Waals surface area (Å²) in [6, 6.07) is 0.653. The molecule has 14 heavy (non-hydrogen) atoms. The molecule has 1 aromatic heterocycles. The van der Waals surface area contributed by atoms with E-state index in [9.17, 15) is 0 Å². The molecule has 1 unspecified atom stereocenters. The van der Waals surface area contributed by atoms with Crippen LogP contribution in [-0.4, -0.2) is 43.1 Å². The zero-order valence-electron chi connectivity index (χ0n) is 8.60. The van der Waals surface area contributed by atoms with Gasteiger partial charge in [0.25, 0.3) is 0 Å². The molecule has 2 N–H and O–H groups in total. The number of anilines is 2. The minimum Gasteiger partial charge on any atom is -0.389 e. The molecular formula is C9H16N4S. The Labute approximate surface area is 88.3 Å². The second kappa shape index (κ2) is 3.74. The van der Waals surface area contributed by atoms with Crippen molar-refractivity contribution in [1.29, 1.82) is 0 Å². The molecule has 1 aromatic rings. The van der Waals surface area contributed by atoms with Crippen molar-refractivity contribution in [2.24, 2.45) is 0 Å². The molecule has 0 spiro atoms. The first-order valence-electron chi connectivity index (χ1n) is 4.79. The maximum absolute atomic E-state index is 5.66. The van der Waals surface area contributed by atoms with Crippen LogP contribution in [0.3, 0.4) is 0 Å². The summed E-state index contributed by atoms with van der Waals surface area (Å²) in [6.07, 6.45) is 2.95. The highest BCUT2D eigenvalue weighted by Gasteiger charge is 2.25. The van der Waals surface area contributed by atoms with Crippen molar-refractivity contribution in [2.75, 3.05) is 37.8 Å². The van der Waals surface area contributed by atoms with Crippen molar-refractivity contribution >= 4 is 21.5 Å². The van der Waals surface area contributed by atoms with Crippen LogP contribution in [0.25, 0.3) is 0 Å². The minimum absolute atomic E-state index is 0.653. The second-order valence-corrected chi connectivity index (χ2v) is 4.94. The Balaban J connectivity index is 2.02. The predicted octanol–water partition coefficient (Wildman–Crippen LogP) is 0.866. The molecule has 1 aliphatic heterocycles. The van der Waals surface area contributed by atoms with Crippen LogP contribution in [0.1, 0.15) is 6.42 Å². The maximum atomic E-state index is 5.66. The highest BCUT2D eigenvalue weighted by molar-refractivity contribution is 7.19. The van der Waals surface area contributed by atoms with Crippen LogP contribution < -0.4 is 10.6 Å². The summed E-state index contributed by atoms with van der Waals surface area (Å²) in [5.74, 6) is 0. The molecular weight excluding hydrogens is 196 g/mol. The van der Waals surface area contributed by atoms with E-state index < -0.39 is 0 Å². The van der Waals surface area contributed by atoms with Crippen molar-refractivity contribution in [3.63, 3.8) is 0 Å². The summed E-state index contributed by atoms with van der Waals surface area (Å²) in [6.45, 7) is 2.16. The lowest BCUT2D eigenvalue weighted by Gasteiger charge is -2.19. The Bertz CT molecular complexity index is 310. The van der Waals surface area contributed by atoms with Gasteiger partial charge in [0.15, 0.2) is 5.13 Å². The van der Waals surface area contributed by atoms with Crippen molar-refractivity contribution in [1.82, 2.24) is 9.88 Å². The Morgan fingerprint density at radius 2 is 2.43 bits per heavy atom. The fourth-order valence-electron chi connectivity index (χ4n) is 1.76. The van der Waals surface area contributed by atoms with Gasteiger partial charge >= 0.3 is 0 Å². The van der Waals surface area contributed by atoms with Gasteiger partial charge in [-0.2, -0.15) is 0 Å². The molecule has 5 heteroatoms. The molecule has 0 aliphatic carbocycles. The van der Waals surface area contributed by atoms with Crippen LogP contribution in [0.5, 0.6) is 0 Å². The first kappa shape index (κ1) is 9.73. The van der Waals surface area contributed by atoms with E-state index in [0.717, 1.165) is 23.2 Å². The monoisotopic (exact) mass is 212 g/mol. The standard InChI is InChI=1S/C9H16N4S/c1-12(2)7-3-4-13(6-7)9-11-5-8(10)14-9/h5,7H,3-4,6,10H2,1-2H3. The third-order valence-electron chi connectivity index (χ3n) is 2.68. The van der Waals surface area contributed by atoms with Crippen molar-refractivity contribution in [3.05, 3.63) is 6.20 Å². The Kier molecular flexibility index (Phi) is 2.60. The summed E-state index contributed by atoms with van der Waals surface area (Å²) in [5, 5.41) is 1.86. The first-order chi connectivity index (χ1) is 6.66. The first-order valence-corrected chi connectivity index (χ1v) is 5.61. The molecule has 1 atom stereocenters. The zero-order chi connectivity index (χ0) is 10.1.